The van der Waals surface area contributed by atoms with E-state index in [1.165, 1.54) is 23.1 Å². The summed E-state index contributed by atoms with van der Waals surface area (Å²) in [5.74, 6) is -1.49. The van der Waals surface area contributed by atoms with Crippen LogP contribution in [0, 0.1) is 5.82 Å². The van der Waals surface area contributed by atoms with Crippen LogP contribution in [-0.2, 0) is 4.79 Å². The molecule has 0 saturated heterocycles. The van der Waals surface area contributed by atoms with Gasteiger partial charge in [-0.05, 0) is 26.0 Å². The zero-order valence-electron chi connectivity index (χ0n) is 12.1. The van der Waals surface area contributed by atoms with Gasteiger partial charge in [0.2, 0.25) is 5.91 Å². The van der Waals surface area contributed by atoms with Gasteiger partial charge >= 0.3 is 0 Å². The number of amides is 2. The van der Waals surface area contributed by atoms with Crippen LogP contribution in [0.3, 0.4) is 0 Å². The number of hydrogen-bond donors (Lipinski definition) is 1. The Hall–Kier alpha value is -2.11. The van der Waals surface area contributed by atoms with E-state index in [0.717, 1.165) is 0 Å². The van der Waals surface area contributed by atoms with Crippen molar-refractivity contribution in [2.24, 2.45) is 0 Å². The smallest absolute Gasteiger partial charge is 0.255 e. The first-order chi connectivity index (χ1) is 9.38. The molecule has 0 saturated carbocycles. The SMILES string of the molecule is CCOc1c(F)cccc1C(=O)N[C@H](C)C(=O)N(C)C. The van der Waals surface area contributed by atoms with Crippen LogP contribution in [0.15, 0.2) is 18.2 Å². The fourth-order valence-corrected chi connectivity index (χ4v) is 1.70. The summed E-state index contributed by atoms with van der Waals surface area (Å²) in [6.45, 7) is 3.51. The lowest BCUT2D eigenvalue weighted by molar-refractivity contribution is -0.130. The molecule has 0 unspecified atom stereocenters. The van der Waals surface area contributed by atoms with E-state index in [9.17, 15) is 14.0 Å². The van der Waals surface area contributed by atoms with Crippen LogP contribution in [0.5, 0.6) is 5.75 Å². The monoisotopic (exact) mass is 282 g/mol. The third-order valence-electron chi connectivity index (χ3n) is 2.66. The van der Waals surface area contributed by atoms with E-state index in [2.05, 4.69) is 5.32 Å². The maximum atomic E-state index is 13.6. The van der Waals surface area contributed by atoms with Gasteiger partial charge < -0.3 is 15.0 Å². The molecular formula is C14H19FN2O3. The molecule has 0 aliphatic rings. The van der Waals surface area contributed by atoms with E-state index >= 15 is 0 Å². The lowest BCUT2D eigenvalue weighted by atomic mass is 10.1. The molecule has 6 heteroatoms. The number of halogens is 1. The molecule has 110 valence electrons. The molecule has 0 radical (unpaired) electrons. The largest absolute Gasteiger partial charge is 0.490 e. The highest BCUT2D eigenvalue weighted by Gasteiger charge is 2.21. The standard InChI is InChI=1S/C14H19FN2O3/c1-5-20-12-10(7-6-8-11(12)15)13(18)16-9(2)14(19)17(3)4/h6-9H,5H2,1-4H3,(H,16,18)/t9-/m1/s1. The van der Waals surface area contributed by atoms with Crippen LogP contribution in [0.4, 0.5) is 4.39 Å². The Morgan fingerprint density at radius 1 is 1.40 bits per heavy atom. The van der Waals surface area contributed by atoms with E-state index in [1.54, 1.807) is 27.9 Å². The van der Waals surface area contributed by atoms with Gasteiger partial charge in [0.05, 0.1) is 12.2 Å². The number of carbonyl (C=O) groups excluding carboxylic acids is 2. The first-order valence-electron chi connectivity index (χ1n) is 6.31. The molecule has 20 heavy (non-hydrogen) atoms. The number of benzene rings is 1. The molecule has 5 nitrogen and oxygen atoms in total. The number of carbonyl (C=O) groups is 2. The fourth-order valence-electron chi connectivity index (χ4n) is 1.70. The Morgan fingerprint density at radius 3 is 2.60 bits per heavy atom. The molecule has 0 fully saturated rings. The maximum absolute atomic E-state index is 13.6. The Labute approximate surface area is 117 Å². The van der Waals surface area contributed by atoms with Crippen molar-refractivity contribution in [1.29, 1.82) is 0 Å². The molecule has 0 aromatic heterocycles. The van der Waals surface area contributed by atoms with Gasteiger partial charge in [-0.25, -0.2) is 4.39 Å². The van der Waals surface area contributed by atoms with Crippen molar-refractivity contribution >= 4 is 11.8 Å². The van der Waals surface area contributed by atoms with E-state index in [4.69, 9.17) is 4.74 Å². The number of nitrogens with one attached hydrogen (secondary N) is 1. The summed E-state index contributed by atoms with van der Waals surface area (Å²) in [5, 5.41) is 2.53. The zero-order chi connectivity index (χ0) is 15.3. The van der Waals surface area contributed by atoms with Gasteiger partial charge in [-0.3, -0.25) is 9.59 Å². The molecule has 0 bridgehead atoms. The molecule has 2 amide bonds. The summed E-state index contributed by atoms with van der Waals surface area (Å²) >= 11 is 0. The second-order valence-corrected chi connectivity index (χ2v) is 4.48. The Balaban J connectivity index is 2.93. The number of ether oxygens (including phenoxy) is 1. The Kier molecular flexibility index (Phi) is 5.49. The summed E-state index contributed by atoms with van der Waals surface area (Å²) in [4.78, 5) is 25.2. The second-order valence-electron chi connectivity index (χ2n) is 4.48. The molecule has 0 heterocycles. The number of rotatable bonds is 5. The van der Waals surface area contributed by atoms with E-state index in [0.29, 0.717) is 0 Å². The van der Waals surface area contributed by atoms with Crippen molar-refractivity contribution in [2.75, 3.05) is 20.7 Å². The van der Waals surface area contributed by atoms with Crippen LogP contribution in [0.1, 0.15) is 24.2 Å². The van der Waals surface area contributed by atoms with Crippen LogP contribution >= 0.6 is 0 Å². The van der Waals surface area contributed by atoms with Crippen molar-refractivity contribution in [2.45, 2.75) is 19.9 Å². The summed E-state index contributed by atoms with van der Waals surface area (Å²) in [7, 11) is 3.19. The van der Waals surface area contributed by atoms with Gasteiger partial charge in [0.25, 0.3) is 5.91 Å². The quantitative estimate of drug-likeness (QED) is 0.889. The van der Waals surface area contributed by atoms with Gasteiger partial charge in [-0.2, -0.15) is 0 Å². The van der Waals surface area contributed by atoms with Crippen molar-refractivity contribution in [3.63, 3.8) is 0 Å². The van der Waals surface area contributed by atoms with Crippen LogP contribution in [0.25, 0.3) is 0 Å². The summed E-state index contributed by atoms with van der Waals surface area (Å²) in [6.07, 6.45) is 0. The molecule has 0 spiro atoms. The summed E-state index contributed by atoms with van der Waals surface area (Å²) in [6, 6.07) is 3.40. The lowest BCUT2D eigenvalue weighted by Gasteiger charge is -2.18. The number of hydrogen-bond acceptors (Lipinski definition) is 3. The summed E-state index contributed by atoms with van der Waals surface area (Å²) < 4.78 is 18.8. The molecule has 1 N–H and O–H groups in total. The van der Waals surface area contributed by atoms with Gasteiger partial charge in [0.15, 0.2) is 11.6 Å². The fraction of sp³-hybridized carbons (Fsp3) is 0.429. The third-order valence-corrected chi connectivity index (χ3v) is 2.66. The topological polar surface area (TPSA) is 58.6 Å². The van der Waals surface area contributed by atoms with Crippen molar-refractivity contribution < 1.29 is 18.7 Å². The van der Waals surface area contributed by atoms with Gasteiger partial charge in [-0.1, -0.05) is 6.07 Å². The highest BCUT2D eigenvalue weighted by Crippen LogP contribution is 2.22. The van der Waals surface area contributed by atoms with Crippen molar-refractivity contribution in [3.05, 3.63) is 29.6 Å². The third kappa shape index (κ3) is 3.69. The molecule has 1 rings (SSSR count). The van der Waals surface area contributed by atoms with Gasteiger partial charge in [0, 0.05) is 14.1 Å². The lowest BCUT2D eigenvalue weighted by Crippen LogP contribution is -2.44. The van der Waals surface area contributed by atoms with Crippen LogP contribution in [0.2, 0.25) is 0 Å². The first kappa shape index (κ1) is 15.9. The second kappa shape index (κ2) is 6.88. The minimum Gasteiger partial charge on any atom is -0.490 e. The Morgan fingerprint density at radius 2 is 2.05 bits per heavy atom. The van der Waals surface area contributed by atoms with E-state index in [-0.39, 0.29) is 23.8 Å². The number of likely N-dealkylation sites (N-methyl/N-ethyl adjacent to an activating group) is 1. The van der Waals surface area contributed by atoms with Crippen molar-refractivity contribution in [3.8, 4) is 5.75 Å². The molecule has 0 aliphatic carbocycles. The highest BCUT2D eigenvalue weighted by atomic mass is 19.1. The predicted octanol–water partition coefficient (Wildman–Crippen LogP) is 1.43. The maximum Gasteiger partial charge on any atom is 0.255 e. The van der Waals surface area contributed by atoms with Crippen LogP contribution in [-0.4, -0.2) is 43.5 Å². The van der Waals surface area contributed by atoms with Gasteiger partial charge in [-0.15, -0.1) is 0 Å². The summed E-state index contributed by atoms with van der Waals surface area (Å²) in [5.41, 5.74) is 0.0743. The minimum atomic E-state index is -0.699. The van der Waals surface area contributed by atoms with Crippen molar-refractivity contribution in [1.82, 2.24) is 10.2 Å². The molecule has 0 aliphatic heterocycles. The first-order valence-corrected chi connectivity index (χ1v) is 6.31. The highest BCUT2D eigenvalue weighted by molar-refractivity contribution is 5.99. The normalized spacial score (nSPS) is 11.7. The average Bonchev–Trinajstić information content (AvgIpc) is 2.39. The van der Waals surface area contributed by atoms with Gasteiger partial charge in [0.1, 0.15) is 6.04 Å². The zero-order valence-corrected chi connectivity index (χ0v) is 12.1. The van der Waals surface area contributed by atoms with E-state index < -0.39 is 17.8 Å². The molecule has 1 aromatic carbocycles. The van der Waals surface area contributed by atoms with Crippen LogP contribution < -0.4 is 10.1 Å². The minimum absolute atomic E-state index is 0.0743. The Bertz CT molecular complexity index is 503. The molecular weight excluding hydrogens is 263 g/mol. The predicted molar refractivity (Wildman–Crippen MR) is 73.2 cm³/mol. The number of para-hydroxylation sites is 1. The average molecular weight is 282 g/mol. The van der Waals surface area contributed by atoms with E-state index in [1.807, 2.05) is 0 Å². The molecule has 1 atom stereocenters. The molecule has 1 aromatic rings. The number of nitrogens with zero attached hydrogens (tertiary/aromatic N) is 1.